The molecule has 1 amide bonds. The molecule has 1 atom stereocenters. The third-order valence-corrected chi connectivity index (χ3v) is 6.23. The summed E-state index contributed by atoms with van der Waals surface area (Å²) in [6, 6.07) is 3.69. The molecule has 3 rings (SSSR count). The summed E-state index contributed by atoms with van der Waals surface area (Å²) >= 11 is 0. The van der Waals surface area contributed by atoms with E-state index in [4.69, 9.17) is 0 Å². The fraction of sp³-hybridized carbons (Fsp3) is 0.652. The highest BCUT2D eigenvalue weighted by molar-refractivity contribution is 5.94. The van der Waals surface area contributed by atoms with Gasteiger partial charge in [0.1, 0.15) is 11.4 Å². The average Bonchev–Trinajstić information content (AvgIpc) is 3.37. The molecule has 1 aromatic rings. The zero-order valence-electron chi connectivity index (χ0n) is 17.7. The van der Waals surface area contributed by atoms with Crippen molar-refractivity contribution in [2.24, 2.45) is 5.92 Å². The SMILES string of the molecule is CC(C)(C)c1ccc(CC(=O)[C@H](NC(=O)C2(O)CC2)C2CCC(F)(F)CC2)cc1F. The second-order valence-electron chi connectivity index (χ2n) is 9.88. The number of alkyl halides is 2. The topological polar surface area (TPSA) is 66.4 Å². The Balaban J connectivity index is 1.76. The minimum atomic E-state index is -2.76. The standard InChI is InChI=1S/C23H30F3NO3/c1-21(2,3)16-5-4-14(12-17(16)24)13-18(28)19(27-20(29)22(30)10-11-22)15-6-8-23(25,26)9-7-15/h4-5,12,15,19,30H,6-11,13H2,1-3H3,(H,27,29)/t19-/m1/s1. The molecule has 2 saturated carbocycles. The maximum absolute atomic E-state index is 14.5. The number of hydrogen-bond acceptors (Lipinski definition) is 3. The number of aliphatic hydroxyl groups is 1. The summed E-state index contributed by atoms with van der Waals surface area (Å²) in [5.41, 5.74) is -0.835. The summed E-state index contributed by atoms with van der Waals surface area (Å²) in [7, 11) is 0. The Bertz CT molecular complexity index is 817. The van der Waals surface area contributed by atoms with Crippen LogP contribution in [0, 0.1) is 11.7 Å². The summed E-state index contributed by atoms with van der Waals surface area (Å²) in [5, 5.41) is 12.7. The van der Waals surface area contributed by atoms with Gasteiger partial charge in [-0.2, -0.15) is 0 Å². The van der Waals surface area contributed by atoms with Gasteiger partial charge in [-0.05, 0) is 54.2 Å². The lowest BCUT2D eigenvalue weighted by Gasteiger charge is -2.34. The highest BCUT2D eigenvalue weighted by Crippen LogP contribution is 2.39. The lowest BCUT2D eigenvalue weighted by molar-refractivity contribution is -0.136. The molecule has 0 saturated heterocycles. The number of halogens is 3. The molecule has 0 radical (unpaired) electrons. The zero-order chi connectivity index (χ0) is 22.3. The van der Waals surface area contributed by atoms with E-state index in [0.717, 1.165) is 0 Å². The number of rotatable bonds is 6. The summed E-state index contributed by atoms with van der Waals surface area (Å²) in [5.74, 6) is -4.58. The molecule has 30 heavy (non-hydrogen) atoms. The number of benzene rings is 1. The molecule has 2 fully saturated rings. The van der Waals surface area contributed by atoms with Crippen molar-refractivity contribution in [3.8, 4) is 0 Å². The van der Waals surface area contributed by atoms with E-state index < -0.39 is 35.2 Å². The minimum Gasteiger partial charge on any atom is -0.380 e. The van der Waals surface area contributed by atoms with E-state index in [1.165, 1.54) is 6.07 Å². The zero-order valence-corrected chi connectivity index (χ0v) is 17.7. The Morgan fingerprint density at radius 1 is 1.17 bits per heavy atom. The largest absolute Gasteiger partial charge is 0.380 e. The van der Waals surface area contributed by atoms with Crippen LogP contribution in [-0.2, 0) is 21.4 Å². The molecular formula is C23H30F3NO3. The van der Waals surface area contributed by atoms with Crippen molar-refractivity contribution < 1.29 is 27.9 Å². The second-order valence-corrected chi connectivity index (χ2v) is 9.88. The molecule has 2 aliphatic rings. The summed E-state index contributed by atoms with van der Waals surface area (Å²) in [4.78, 5) is 25.4. The van der Waals surface area contributed by atoms with E-state index in [2.05, 4.69) is 5.32 Å². The Kier molecular flexibility index (Phi) is 6.07. The molecule has 0 heterocycles. The van der Waals surface area contributed by atoms with Crippen LogP contribution in [0.1, 0.15) is 70.4 Å². The van der Waals surface area contributed by atoms with Gasteiger partial charge in [0, 0.05) is 19.3 Å². The van der Waals surface area contributed by atoms with Gasteiger partial charge in [-0.1, -0.05) is 32.9 Å². The van der Waals surface area contributed by atoms with E-state index in [-0.39, 0.29) is 43.3 Å². The van der Waals surface area contributed by atoms with Crippen LogP contribution in [-0.4, -0.2) is 34.4 Å². The second kappa shape index (κ2) is 7.98. The van der Waals surface area contributed by atoms with Crippen LogP contribution in [0.2, 0.25) is 0 Å². The number of carbonyl (C=O) groups excluding carboxylic acids is 2. The summed E-state index contributed by atoms with van der Waals surface area (Å²) in [6.45, 7) is 5.68. The normalized spacial score (nSPS) is 21.7. The van der Waals surface area contributed by atoms with Crippen molar-refractivity contribution >= 4 is 11.7 Å². The number of hydrogen-bond donors (Lipinski definition) is 2. The average molecular weight is 425 g/mol. The predicted molar refractivity (Wildman–Crippen MR) is 107 cm³/mol. The first-order chi connectivity index (χ1) is 13.8. The Labute approximate surface area is 175 Å². The maximum Gasteiger partial charge on any atom is 0.252 e. The Morgan fingerprint density at radius 2 is 1.77 bits per heavy atom. The van der Waals surface area contributed by atoms with Crippen LogP contribution in [0.5, 0.6) is 0 Å². The van der Waals surface area contributed by atoms with Crippen LogP contribution in [0.15, 0.2) is 18.2 Å². The van der Waals surface area contributed by atoms with E-state index in [1.54, 1.807) is 12.1 Å². The molecule has 0 aromatic heterocycles. The van der Waals surface area contributed by atoms with Crippen LogP contribution >= 0.6 is 0 Å². The van der Waals surface area contributed by atoms with Crippen molar-refractivity contribution in [3.05, 3.63) is 35.1 Å². The van der Waals surface area contributed by atoms with Crippen molar-refractivity contribution in [3.63, 3.8) is 0 Å². The van der Waals surface area contributed by atoms with Gasteiger partial charge in [0.25, 0.3) is 5.91 Å². The van der Waals surface area contributed by atoms with E-state index in [9.17, 15) is 27.9 Å². The van der Waals surface area contributed by atoms with E-state index in [1.807, 2.05) is 20.8 Å². The third kappa shape index (κ3) is 5.23. The minimum absolute atomic E-state index is 0.111. The molecule has 0 bridgehead atoms. The van der Waals surface area contributed by atoms with Gasteiger partial charge >= 0.3 is 0 Å². The Hall–Kier alpha value is -1.89. The predicted octanol–water partition coefficient (Wildman–Crippen LogP) is 4.07. The molecular weight excluding hydrogens is 395 g/mol. The number of ketones is 1. The lowest BCUT2D eigenvalue weighted by atomic mass is 9.79. The number of nitrogens with one attached hydrogen (secondary N) is 1. The van der Waals surface area contributed by atoms with Crippen LogP contribution in [0.25, 0.3) is 0 Å². The summed E-state index contributed by atoms with van der Waals surface area (Å²) in [6.07, 6.45) is 0.0768. The molecule has 1 aromatic carbocycles. The first kappa shape index (κ1) is 22.8. The van der Waals surface area contributed by atoms with Crippen LogP contribution in [0.4, 0.5) is 13.2 Å². The molecule has 2 aliphatic carbocycles. The van der Waals surface area contributed by atoms with E-state index in [0.29, 0.717) is 24.0 Å². The van der Waals surface area contributed by atoms with Crippen molar-refractivity contribution in [2.45, 2.75) is 88.7 Å². The van der Waals surface area contributed by atoms with Gasteiger partial charge in [-0.25, -0.2) is 13.2 Å². The fourth-order valence-corrected chi connectivity index (χ4v) is 4.07. The third-order valence-electron chi connectivity index (χ3n) is 6.23. The molecule has 0 unspecified atom stereocenters. The van der Waals surface area contributed by atoms with Gasteiger partial charge in [0.15, 0.2) is 5.78 Å². The first-order valence-electron chi connectivity index (χ1n) is 10.5. The van der Waals surface area contributed by atoms with Crippen molar-refractivity contribution in [2.75, 3.05) is 0 Å². The maximum atomic E-state index is 14.5. The van der Waals surface area contributed by atoms with Gasteiger partial charge in [0.2, 0.25) is 5.92 Å². The van der Waals surface area contributed by atoms with Crippen LogP contribution < -0.4 is 5.32 Å². The summed E-state index contributed by atoms with van der Waals surface area (Å²) < 4.78 is 41.7. The molecule has 0 aliphatic heterocycles. The lowest BCUT2D eigenvalue weighted by Crippen LogP contribution is -2.51. The first-order valence-corrected chi connectivity index (χ1v) is 10.5. The van der Waals surface area contributed by atoms with Gasteiger partial charge < -0.3 is 10.4 Å². The van der Waals surface area contributed by atoms with E-state index >= 15 is 0 Å². The molecule has 7 heteroatoms. The Morgan fingerprint density at radius 3 is 2.27 bits per heavy atom. The molecule has 4 nitrogen and oxygen atoms in total. The van der Waals surface area contributed by atoms with Crippen molar-refractivity contribution in [1.82, 2.24) is 5.32 Å². The quantitative estimate of drug-likeness (QED) is 0.722. The number of Topliss-reactive ketones (excluding diaryl/α,β-unsaturated/α-hetero) is 1. The van der Waals surface area contributed by atoms with Gasteiger partial charge in [0.05, 0.1) is 6.04 Å². The highest BCUT2D eigenvalue weighted by atomic mass is 19.3. The van der Waals surface area contributed by atoms with Gasteiger partial charge in [-0.3, -0.25) is 9.59 Å². The van der Waals surface area contributed by atoms with Crippen LogP contribution in [0.3, 0.4) is 0 Å². The van der Waals surface area contributed by atoms with Gasteiger partial charge in [-0.15, -0.1) is 0 Å². The monoisotopic (exact) mass is 425 g/mol. The number of carbonyl (C=O) groups is 2. The molecule has 166 valence electrons. The highest BCUT2D eigenvalue weighted by Gasteiger charge is 2.50. The molecule has 0 spiro atoms. The number of amides is 1. The van der Waals surface area contributed by atoms with Crippen molar-refractivity contribution in [1.29, 1.82) is 0 Å². The smallest absolute Gasteiger partial charge is 0.252 e. The fourth-order valence-electron chi connectivity index (χ4n) is 4.07. The molecule has 2 N–H and O–H groups in total.